The Hall–Kier alpha value is -0.260. The van der Waals surface area contributed by atoms with Crippen LogP contribution in [0.5, 0.6) is 0 Å². The normalized spacial score (nSPS) is 21.4. The minimum Gasteiger partial charge on any atom is -0.379 e. The van der Waals surface area contributed by atoms with Crippen molar-refractivity contribution in [3.05, 3.63) is 0 Å². The number of halogens is 2. The van der Waals surface area contributed by atoms with Gasteiger partial charge in [0.1, 0.15) is 0 Å². The fourth-order valence-electron chi connectivity index (χ4n) is 1.53. The Morgan fingerprint density at radius 1 is 1.36 bits per heavy atom. The molecule has 1 fully saturated rings. The third kappa shape index (κ3) is 4.83. The quantitative estimate of drug-likeness (QED) is 0.714. The number of rotatable bonds is 5. The van der Waals surface area contributed by atoms with Gasteiger partial charge in [0.15, 0.2) is 0 Å². The van der Waals surface area contributed by atoms with E-state index in [9.17, 15) is 8.78 Å². The molecule has 5 heteroatoms. The Balaban J connectivity index is 2.09. The molecule has 0 saturated carbocycles. The highest BCUT2D eigenvalue weighted by Gasteiger charge is 2.14. The van der Waals surface area contributed by atoms with Crippen molar-refractivity contribution >= 4 is 0 Å². The second-order valence-corrected chi connectivity index (χ2v) is 3.61. The molecule has 1 saturated heterocycles. The van der Waals surface area contributed by atoms with Crippen molar-refractivity contribution in [3.63, 3.8) is 0 Å². The molecule has 0 aliphatic carbocycles. The summed E-state index contributed by atoms with van der Waals surface area (Å²) in [7, 11) is 0. The van der Waals surface area contributed by atoms with E-state index in [1.165, 1.54) is 0 Å². The molecule has 0 aromatic heterocycles. The highest BCUT2D eigenvalue weighted by Crippen LogP contribution is 1.99. The van der Waals surface area contributed by atoms with E-state index >= 15 is 0 Å². The third-order valence-electron chi connectivity index (χ3n) is 2.26. The smallest absolute Gasteiger partial charge is 0.250 e. The van der Waals surface area contributed by atoms with Gasteiger partial charge in [-0.1, -0.05) is 0 Å². The van der Waals surface area contributed by atoms with Gasteiger partial charge in [-0.3, -0.25) is 4.90 Å². The SMILES string of the molecule is CC(CN1CCOCC1)NCC(F)F. The second-order valence-electron chi connectivity index (χ2n) is 3.61. The van der Waals surface area contributed by atoms with Crippen LogP contribution in [-0.2, 0) is 4.74 Å². The number of ether oxygens (including phenoxy) is 1. The van der Waals surface area contributed by atoms with Crippen molar-refractivity contribution < 1.29 is 13.5 Å². The van der Waals surface area contributed by atoms with Gasteiger partial charge in [-0.15, -0.1) is 0 Å². The van der Waals surface area contributed by atoms with Crippen LogP contribution in [0.4, 0.5) is 8.78 Å². The topological polar surface area (TPSA) is 24.5 Å². The molecule has 14 heavy (non-hydrogen) atoms. The minimum atomic E-state index is -2.26. The minimum absolute atomic E-state index is 0.113. The molecule has 1 aliphatic heterocycles. The number of morpholine rings is 1. The lowest BCUT2D eigenvalue weighted by atomic mass is 10.3. The second kappa shape index (κ2) is 6.27. The Morgan fingerprint density at radius 3 is 2.57 bits per heavy atom. The summed E-state index contributed by atoms with van der Waals surface area (Å²) in [6.07, 6.45) is -2.26. The maximum atomic E-state index is 11.9. The number of nitrogens with one attached hydrogen (secondary N) is 1. The molecule has 1 N–H and O–H groups in total. The predicted molar refractivity (Wildman–Crippen MR) is 50.7 cm³/mol. The van der Waals surface area contributed by atoms with E-state index < -0.39 is 6.43 Å². The van der Waals surface area contributed by atoms with Crippen LogP contribution in [0.2, 0.25) is 0 Å². The molecule has 0 spiro atoms. The molecule has 0 bridgehead atoms. The molecule has 1 heterocycles. The highest BCUT2D eigenvalue weighted by atomic mass is 19.3. The van der Waals surface area contributed by atoms with E-state index in [4.69, 9.17) is 4.74 Å². The summed E-state index contributed by atoms with van der Waals surface area (Å²) in [6.45, 7) is 5.84. The fourth-order valence-corrected chi connectivity index (χ4v) is 1.53. The summed E-state index contributed by atoms with van der Waals surface area (Å²) in [4.78, 5) is 2.23. The third-order valence-corrected chi connectivity index (χ3v) is 2.26. The first-order valence-electron chi connectivity index (χ1n) is 5.00. The van der Waals surface area contributed by atoms with Crippen molar-refractivity contribution in [3.8, 4) is 0 Å². The number of hydrogen-bond acceptors (Lipinski definition) is 3. The molecule has 1 aliphatic rings. The fraction of sp³-hybridized carbons (Fsp3) is 1.00. The van der Waals surface area contributed by atoms with E-state index in [0.29, 0.717) is 0 Å². The van der Waals surface area contributed by atoms with Crippen molar-refractivity contribution in [1.29, 1.82) is 0 Å². The molecular weight excluding hydrogens is 190 g/mol. The first-order valence-corrected chi connectivity index (χ1v) is 5.00. The Labute approximate surface area is 83.4 Å². The van der Waals surface area contributed by atoms with Crippen molar-refractivity contribution in [2.24, 2.45) is 0 Å². The molecular formula is C9H18F2N2O. The molecule has 0 aromatic rings. The first kappa shape index (κ1) is 11.8. The monoisotopic (exact) mass is 208 g/mol. The Morgan fingerprint density at radius 2 is 2.00 bits per heavy atom. The van der Waals surface area contributed by atoms with Gasteiger partial charge in [-0.2, -0.15) is 0 Å². The van der Waals surface area contributed by atoms with Gasteiger partial charge in [-0.05, 0) is 6.92 Å². The summed E-state index contributed by atoms with van der Waals surface area (Å²) >= 11 is 0. The lowest BCUT2D eigenvalue weighted by Gasteiger charge is -2.29. The first-order chi connectivity index (χ1) is 6.68. The van der Waals surface area contributed by atoms with Crippen molar-refractivity contribution in [2.45, 2.75) is 19.4 Å². The number of nitrogens with zero attached hydrogens (tertiary/aromatic N) is 1. The van der Waals surface area contributed by atoms with Gasteiger partial charge in [-0.25, -0.2) is 8.78 Å². The maximum Gasteiger partial charge on any atom is 0.250 e. The molecule has 3 nitrogen and oxygen atoms in total. The van der Waals surface area contributed by atoms with Crippen LogP contribution >= 0.6 is 0 Å². The van der Waals surface area contributed by atoms with Crippen LogP contribution in [0.1, 0.15) is 6.92 Å². The molecule has 1 unspecified atom stereocenters. The van der Waals surface area contributed by atoms with Gasteiger partial charge in [0.05, 0.1) is 19.8 Å². The summed E-state index contributed by atoms with van der Waals surface area (Å²) in [5.41, 5.74) is 0. The van der Waals surface area contributed by atoms with Crippen LogP contribution in [0, 0.1) is 0 Å². The summed E-state index contributed by atoms with van der Waals surface area (Å²) in [6, 6.07) is 0.113. The van der Waals surface area contributed by atoms with Crippen molar-refractivity contribution in [2.75, 3.05) is 39.4 Å². The van der Waals surface area contributed by atoms with E-state index in [1.54, 1.807) is 0 Å². The molecule has 0 amide bonds. The molecule has 0 aromatic carbocycles. The van der Waals surface area contributed by atoms with Gasteiger partial charge < -0.3 is 10.1 Å². The van der Waals surface area contributed by atoms with E-state index in [1.807, 2.05) is 6.92 Å². The molecule has 0 radical (unpaired) electrons. The Bertz CT molecular complexity index is 152. The van der Waals surface area contributed by atoms with E-state index in [2.05, 4.69) is 10.2 Å². The summed E-state index contributed by atoms with van der Waals surface area (Å²) < 4.78 is 29.0. The predicted octanol–water partition coefficient (Wildman–Crippen LogP) is 0.562. The standard InChI is InChI=1S/C9H18F2N2O/c1-8(12-6-9(10)11)7-13-2-4-14-5-3-13/h8-9,12H,2-7H2,1H3. The zero-order chi connectivity index (χ0) is 10.4. The largest absolute Gasteiger partial charge is 0.379 e. The van der Waals surface area contributed by atoms with Crippen LogP contribution in [0.15, 0.2) is 0 Å². The van der Waals surface area contributed by atoms with Crippen LogP contribution < -0.4 is 5.32 Å². The van der Waals surface area contributed by atoms with Gasteiger partial charge in [0.2, 0.25) is 0 Å². The highest BCUT2D eigenvalue weighted by molar-refractivity contribution is 4.70. The summed E-state index contributed by atoms with van der Waals surface area (Å²) in [5, 5.41) is 2.80. The molecule has 1 rings (SSSR count). The lowest BCUT2D eigenvalue weighted by Crippen LogP contribution is -2.45. The average Bonchev–Trinajstić information content (AvgIpc) is 2.16. The lowest BCUT2D eigenvalue weighted by molar-refractivity contribution is 0.0333. The van der Waals surface area contributed by atoms with E-state index in [0.717, 1.165) is 32.8 Å². The average molecular weight is 208 g/mol. The Kier molecular flexibility index (Phi) is 5.29. The van der Waals surface area contributed by atoms with Gasteiger partial charge >= 0.3 is 0 Å². The van der Waals surface area contributed by atoms with Gasteiger partial charge in [0.25, 0.3) is 6.43 Å². The maximum absolute atomic E-state index is 11.9. The van der Waals surface area contributed by atoms with E-state index in [-0.39, 0.29) is 12.6 Å². The van der Waals surface area contributed by atoms with Crippen molar-refractivity contribution in [1.82, 2.24) is 10.2 Å². The summed E-state index contributed by atoms with van der Waals surface area (Å²) in [5.74, 6) is 0. The van der Waals surface area contributed by atoms with Crippen LogP contribution in [0.3, 0.4) is 0 Å². The number of hydrogen-bond donors (Lipinski definition) is 1. The zero-order valence-corrected chi connectivity index (χ0v) is 8.51. The number of alkyl halides is 2. The molecule has 84 valence electrons. The van der Waals surface area contributed by atoms with Gasteiger partial charge in [0, 0.05) is 25.7 Å². The van der Waals surface area contributed by atoms with Crippen LogP contribution in [0.25, 0.3) is 0 Å². The van der Waals surface area contributed by atoms with Crippen LogP contribution in [-0.4, -0.2) is 56.8 Å². The zero-order valence-electron chi connectivity index (χ0n) is 8.51. The molecule has 1 atom stereocenters.